The number of aromatic nitrogens is 1. The zero-order valence-electron chi connectivity index (χ0n) is 13.8. The van der Waals surface area contributed by atoms with E-state index < -0.39 is 0 Å². The van der Waals surface area contributed by atoms with Crippen molar-refractivity contribution in [2.45, 2.75) is 52.2 Å². The number of hydrogen-bond donors (Lipinski definition) is 1. The lowest BCUT2D eigenvalue weighted by atomic mass is 10.00. The second kappa shape index (κ2) is 7.68. The lowest BCUT2D eigenvalue weighted by Gasteiger charge is -2.26. The number of nitrogens with zero attached hydrogens (tertiary/aromatic N) is 2. The number of rotatable bonds is 6. The van der Waals surface area contributed by atoms with Crippen molar-refractivity contribution >= 4 is 11.3 Å². The summed E-state index contributed by atoms with van der Waals surface area (Å²) in [4.78, 5) is 7.13. The van der Waals surface area contributed by atoms with Crippen molar-refractivity contribution in [1.29, 1.82) is 0 Å². The molecule has 0 spiro atoms. The Kier molecular flexibility index (Phi) is 6.17. The Bertz CT molecular complexity index is 421. The third-order valence-corrected chi connectivity index (χ3v) is 4.61. The first kappa shape index (κ1) is 16.9. The minimum absolute atomic E-state index is 0.145. The van der Waals surface area contributed by atoms with Crippen molar-refractivity contribution in [2.24, 2.45) is 5.92 Å². The maximum Gasteiger partial charge on any atom is 0.107 e. The second-order valence-corrected chi connectivity index (χ2v) is 8.03. The smallest absolute Gasteiger partial charge is 0.107 e. The number of thiazole rings is 1. The van der Waals surface area contributed by atoms with Crippen LogP contribution in [0.4, 0.5) is 0 Å². The van der Waals surface area contributed by atoms with E-state index in [-0.39, 0.29) is 5.54 Å². The van der Waals surface area contributed by atoms with Gasteiger partial charge in [0.25, 0.3) is 0 Å². The van der Waals surface area contributed by atoms with Gasteiger partial charge in [0.15, 0.2) is 0 Å². The average molecular weight is 311 g/mol. The molecule has 1 fully saturated rings. The van der Waals surface area contributed by atoms with Crippen LogP contribution in [0, 0.1) is 5.92 Å². The highest BCUT2D eigenvalue weighted by Crippen LogP contribution is 2.17. The third kappa shape index (κ3) is 6.43. The molecule has 1 aliphatic heterocycles. The van der Waals surface area contributed by atoms with Gasteiger partial charge in [0.1, 0.15) is 5.01 Å². The molecule has 5 heteroatoms. The van der Waals surface area contributed by atoms with Crippen LogP contribution in [-0.2, 0) is 17.8 Å². The van der Waals surface area contributed by atoms with Gasteiger partial charge < -0.3 is 15.0 Å². The van der Waals surface area contributed by atoms with Crippen molar-refractivity contribution in [2.75, 3.05) is 26.8 Å². The van der Waals surface area contributed by atoms with Gasteiger partial charge in [0, 0.05) is 43.8 Å². The molecule has 1 aliphatic rings. The standard InChI is InChI=1S/C16H29N3OS/c1-16(2,3)17-9-15-18-14(12-21-15)11-19(4)10-13-5-7-20-8-6-13/h12-13,17H,5-11H2,1-4H3. The van der Waals surface area contributed by atoms with E-state index in [4.69, 9.17) is 9.72 Å². The van der Waals surface area contributed by atoms with Crippen molar-refractivity contribution in [1.82, 2.24) is 15.2 Å². The van der Waals surface area contributed by atoms with Crippen LogP contribution >= 0.6 is 11.3 Å². The van der Waals surface area contributed by atoms with E-state index in [9.17, 15) is 0 Å². The summed E-state index contributed by atoms with van der Waals surface area (Å²) in [6.07, 6.45) is 2.39. The maximum atomic E-state index is 5.42. The zero-order valence-corrected chi connectivity index (χ0v) is 14.6. The summed E-state index contributed by atoms with van der Waals surface area (Å²) in [6.45, 7) is 11.4. The summed E-state index contributed by atoms with van der Waals surface area (Å²) in [5.74, 6) is 0.782. The topological polar surface area (TPSA) is 37.4 Å². The normalized spacial score (nSPS) is 17.6. The molecule has 2 rings (SSSR count). The van der Waals surface area contributed by atoms with Crippen LogP contribution in [0.2, 0.25) is 0 Å². The van der Waals surface area contributed by atoms with Crippen LogP contribution in [-0.4, -0.2) is 42.2 Å². The van der Waals surface area contributed by atoms with Crippen LogP contribution in [0.5, 0.6) is 0 Å². The van der Waals surface area contributed by atoms with Gasteiger partial charge in [-0.25, -0.2) is 4.98 Å². The molecule has 1 aromatic heterocycles. The van der Waals surface area contributed by atoms with E-state index in [1.54, 1.807) is 11.3 Å². The molecule has 120 valence electrons. The lowest BCUT2D eigenvalue weighted by molar-refractivity contribution is 0.0548. The first-order valence-corrected chi connectivity index (χ1v) is 8.75. The van der Waals surface area contributed by atoms with Gasteiger partial charge in [-0.2, -0.15) is 0 Å². The molecule has 21 heavy (non-hydrogen) atoms. The predicted molar refractivity (Wildman–Crippen MR) is 88.6 cm³/mol. The summed E-state index contributed by atoms with van der Waals surface area (Å²) in [6, 6.07) is 0. The largest absolute Gasteiger partial charge is 0.381 e. The molecule has 1 saturated heterocycles. The molecule has 0 saturated carbocycles. The molecular weight excluding hydrogens is 282 g/mol. The first-order chi connectivity index (χ1) is 9.92. The van der Waals surface area contributed by atoms with E-state index in [1.165, 1.54) is 23.5 Å². The van der Waals surface area contributed by atoms with Gasteiger partial charge in [-0.05, 0) is 46.6 Å². The minimum Gasteiger partial charge on any atom is -0.381 e. The van der Waals surface area contributed by atoms with E-state index in [0.29, 0.717) is 0 Å². The molecule has 0 amide bonds. The van der Waals surface area contributed by atoms with Gasteiger partial charge in [0.2, 0.25) is 0 Å². The second-order valence-electron chi connectivity index (χ2n) is 7.09. The molecule has 2 heterocycles. The Morgan fingerprint density at radius 1 is 1.38 bits per heavy atom. The molecule has 0 bridgehead atoms. The number of nitrogens with one attached hydrogen (secondary N) is 1. The fourth-order valence-corrected chi connectivity index (χ4v) is 3.28. The van der Waals surface area contributed by atoms with E-state index in [1.807, 2.05) is 0 Å². The molecule has 0 radical (unpaired) electrons. The highest BCUT2D eigenvalue weighted by Gasteiger charge is 2.16. The summed E-state index contributed by atoms with van der Waals surface area (Å²) >= 11 is 1.76. The number of ether oxygens (including phenoxy) is 1. The van der Waals surface area contributed by atoms with Gasteiger partial charge in [-0.1, -0.05) is 0 Å². The van der Waals surface area contributed by atoms with Crippen LogP contribution in [0.15, 0.2) is 5.38 Å². The Morgan fingerprint density at radius 3 is 2.76 bits per heavy atom. The SMILES string of the molecule is CN(Cc1csc(CNC(C)(C)C)n1)CC1CCOCC1. The van der Waals surface area contributed by atoms with Crippen molar-refractivity contribution in [3.63, 3.8) is 0 Å². The molecule has 0 aliphatic carbocycles. The first-order valence-electron chi connectivity index (χ1n) is 7.87. The van der Waals surface area contributed by atoms with E-state index in [2.05, 4.69) is 43.4 Å². The molecular formula is C16H29N3OS. The Morgan fingerprint density at radius 2 is 2.10 bits per heavy atom. The average Bonchev–Trinajstić information content (AvgIpc) is 2.84. The highest BCUT2D eigenvalue weighted by atomic mass is 32.1. The number of hydrogen-bond acceptors (Lipinski definition) is 5. The lowest BCUT2D eigenvalue weighted by Crippen LogP contribution is -2.35. The molecule has 0 atom stereocenters. The van der Waals surface area contributed by atoms with Gasteiger partial charge in [-0.3, -0.25) is 0 Å². The fourth-order valence-electron chi connectivity index (χ4n) is 2.55. The van der Waals surface area contributed by atoms with Crippen molar-refractivity contribution in [3.05, 3.63) is 16.1 Å². The van der Waals surface area contributed by atoms with Gasteiger partial charge in [-0.15, -0.1) is 11.3 Å². The monoisotopic (exact) mass is 311 g/mol. The molecule has 0 unspecified atom stereocenters. The quantitative estimate of drug-likeness (QED) is 0.876. The summed E-state index contributed by atoms with van der Waals surface area (Å²) in [5, 5.41) is 6.87. The van der Waals surface area contributed by atoms with E-state index >= 15 is 0 Å². The highest BCUT2D eigenvalue weighted by molar-refractivity contribution is 7.09. The van der Waals surface area contributed by atoms with E-state index in [0.717, 1.165) is 38.8 Å². The van der Waals surface area contributed by atoms with Crippen LogP contribution < -0.4 is 5.32 Å². The summed E-state index contributed by atoms with van der Waals surface area (Å²) in [5.41, 5.74) is 1.34. The Hall–Kier alpha value is -0.490. The molecule has 4 nitrogen and oxygen atoms in total. The van der Waals surface area contributed by atoms with Gasteiger partial charge >= 0.3 is 0 Å². The van der Waals surface area contributed by atoms with Gasteiger partial charge in [0.05, 0.1) is 5.69 Å². The van der Waals surface area contributed by atoms with Crippen LogP contribution in [0.1, 0.15) is 44.3 Å². The Balaban J connectivity index is 1.75. The molecule has 1 N–H and O–H groups in total. The third-order valence-electron chi connectivity index (χ3n) is 3.71. The minimum atomic E-state index is 0.145. The van der Waals surface area contributed by atoms with Crippen molar-refractivity contribution in [3.8, 4) is 0 Å². The summed E-state index contributed by atoms with van der Waals surface area (Å²) < 4.78 is 5.42. The van der Waals surface area contributed by atoms with Crippen LogP contribution in [0.3, 0.4) is 0 Å². The molecule has 0 aromatic carbocycles. The summed E-state index contributed by atoms with van der Waals surface area (Å²) in [7, 11) is 2.20. The maximum absolute atomic E-state index is 5.42. The Labute approximate surface area is 132 Å². The fraction of sp³-hybridized carbons (Fsp3) is 0.812. The van der Waals surface area contributed by atoms with Crippen molar-refractivity contribution < 1.29 is 4.74 Å². The zero-order chi connectivity index (χ0) is 15.3. The molecule has 1 aromatic rings. The predicted octanol–water partition coefficient (Wildman–Crippen LogP) is 2.89. The van der Waals surface area contributed by atoms with Crippen LogP contribution in [0.25, 0.3) is 0 Å².